The van der Waals surface area contributed by atoms with E-state index in [1.54, 1.807) is 11.3 Å². The molecule has 6 rings (SSSR count). The first kappa shape index (κ1) is 27.2. The normalized spacial score (nSPS) is 26.0. The lowest BCUT2D eigenvalue weighted by atomic mass is 9.75. The van der Waals surface area contributed by atoms with E-state index < -0.39 is 0 Å². The number of ether oxygens (including phenoxy) is 1. The summed E-state index contributed by atoms with van der Waals surface area (Å²) in [7, 11) is 0. The second kappa shape index (κ2) is 12.3. The van der Waals surface area contributed by atoms with Crippen molar-refractivity contribution in [2.45, 2.75) is 71.3 Å². The fourth-order valence-corrected chi connectivity index (χ4v) is 8.44. The lowest BCUT2D eigenvalue weighted by molar-refractivity contribution is -0.138. The molecule has 3 heterocycles. The fraction of sp³-hybridized carbons (Fsp3) is 0.688. The molecule has 39 heavy (non-hydrogen) atoms. The molecule has 3 fully saturated rings. The molecule has 0 radical (unpaired) electrons. The number of rotatable bonds is 8. The maximum atomic E-state index is 13.4. The Morgan fingerprint density at radius 2 is 1.77 bits per heavy atom. The van der Waals surface area contributed by atoms with Crippen LogP contribution in [0.3, 0.4) is 0 Å². The summed E-state index contributed by atoms with van der Waals surface area (Å²) in [5, 5.41) is 1.07. The number of carbonyl (C=O) groups excluding carboxylic acids is 1. The molecule has 2 aliphatic carbocycles. The molecule has 212 valence electrons. The second-order valence-corrected chi connectivity index (χ2v) is 13.7. The number of amides is 1. The number of hydrogen-bond acceptors (Lipinski definition) is 6. The van der Waals surface area contributed by atoms with Crippen molar-refractivity contribution in [3.8, 4) is 16.3 Å². The van der Waals surface area contributed by atoms with E-state index in [0.29, 0.717) is 11.9 Å². The Balaban J connectivity index is 0.947. The van der Waals surface area contributed by atoms with E-state index in [-0.39, 0.29) is 5.92 Å². The first-order valence-corrected chi connectivity index (χ1v) is 16.3. The van der Waals surface area contributed by atoms with Crippen molar-refractivity contribution in [3.63, 3.8) is 0 Å². The molecule has 2 aromatic rings. The largest absolute Gasteiger partial charge is 0.494 e. The number of aromatic nitrogens is 1. The summed E-state index contributed by atoms with van der Waals surface area (Å²) >= 11 is 1.77. The number of piperazine rings is 1. The Bertz CT molecular complexity index is 1080. The molecule has 2 aliphatic heterocycles. The van der Waals surface area contributed by atoms with Crippen molar-refractivity contribution in [2.75, 3.05) is 52.4 Å². The highest BCUT2D eigenvalue weighted by Crippen LogP contribution is 2.39. The molecule has 1 saturated carbocycles. The standard InChI is InChI=1S/C32H46N4O2S/c1-23(2)35-17-15-34(16-18-35)13-5-19-38-28-10-8-25(9-11-28)31-33-29-20-27(21-30(29)39-31)32(37)36-14-12-24-6-3-4-7-26(24)22-36/h8-11,23-24,26-27H,3-7,12-22H2,1-2H3. The smallest absolute Gasteiger partial charge is 0.226 e. The van der Waals surface area contributed by atoms with Gasteiger partial charge in [0.25, 0.3) is 0 Å². The summed E-state index contributed by atoms with van der Waals surface area (Å²) < 4.78 is 6.04. The monoisotopic (exact) mass is 550 g/mol. The minimum Gasteiger partial charge on any atom is -0.494 e. The highest BCUT2D eigenvalue weighted by atomic mass is 32.1. The quantitative estimate of drug-likeness (QED) is 0.414. The highest BCUT2D eigenvalue weighted by molar-refractivity contribution is 7.15. The van der Waals surface area contributed by atoms with Crippen molar-refractivity contribution in [1.29, 1.82) is 0 Å². The van der Waals surface area contributed by atoms with Crippen molar-refractivity contribution < 1.29 is 9.53 Å². The van der Waals surface area contributed by atoms with E-state index in [2.05, 4.69) is 52.8 Å². The van der Waals surface area contributed by atoms with Gasteiger partial charge in [0.05, 0.1) is 12.3 Å². The number of benzene rings is 1. The van der Waals surface area contributed by atoms with Crippen molar-refractivity contribution in [1.82, 2.24) is 19.7 Å². The van der Waals surface area contributed by atoms with Crippen molar-refractivity contribution >= 4 is 17.2 Å². The predicted octanol–water partition coefficient (Wildman–Crippen LogP) is 5.36. The number of nitrogens with zero attached hydrogens (tertiary/aromatic N) is 4. The van der Waals surface area contributed by atoms with Crippen LogP contribution in [0, 0.1) is 17.8 Å². The minimum absolute atomic E-state index is 0.0998. The van der Waals surface area contributed by atoms with E-state index in [9.17, 15) is 4.79 Å². The van der Waals surface area contributed by atoms with Crippen LogP contribution in [-0.4, -0.2) is 84.1 Å². The van der Waals surface area contributed by atoms with Gasteiger partial charge < -0.3 is 14.5 Å². The lowest BCUT2D eigenvalue weighted by Gasteiger charge is -2.42. The van der Waals surface area contributed by atoms with Crippen LogP contribution in [0.25, 0.3) is 10.6 Å². The number of hydrogen-bond donors (Lipinski definition) is 0. The Labute approximate surface area is 238 Å². The van der Waals surface area contributed by atoms with E-state index in [1.165, 1.54) is 63.2 Å². The van der Waals surface area contributed by atoms with E-state index in [1.807, 2.05) is 0 Å². The number of piperidine rings is 1. The molecular formula is C32H46N4O2S. The number of thiazole rings is 1. The summed E-state index contributed by atoms with van der Waals surface area (Å²) in [6.45, 7) is 13.1. The lowest BCUT2D eigenvalue weighted by Crippen LogP contribution is -2.49. The average molecular weight is 551 g/mol. The predicted molar refractivity (Wildman–Crippen MR) is 158 cm³/mol. The zero-order valence-electron chi connectivity index (χ0n) is 23.9. The molecule has 7 heteroatoms. The van der Waals surface area contributed by atoms with Gasteiger partial charge in [-0.3, -0.25) is 9.69 Å². The molecule has 1 aromatic carbocycles. The Morgan fingerprint density at radius 3 is 2.51 bits per heavy atom. The van der Waals surface area contributed by atoms with Gasteiger partial charge in [-0.2, -0.15) is 0 Å². The van der Waals surface area contributed by atoms with Crippen LogP contribution in [0.2, 0.25) is 0 Å². The third-order valence-electron chi connectivity index (χ3n) is 9.73. The molecule has 1 amide bonds. The van der Waals surface area contributed by atoms with Gasteiger partial charge in [0, 0.05) is 74.6 Å². The molecule has 2 saturated heterocycles. The second-order valence-electron chi connectivity index (χ2n) is 12.6. The first-order valence-electron chi connectivity index (χ1n) is 15.5. The van der Waals surface area contributed by atoms with Gasteiger partial charge in [-0.25, -0.2) is 4.98 Å². The molecule has 3 unspecified atom stereocenters. The molecule has 0 spiro atoms. The SMILES string of the molecule is CC(C)N1CCN(CCCOc2ccc(-c3nc4c(s3)CC(C(=O)N3CCC5CCCCC5C3)C4)cc2)CC1. The van der Waals surface area contributed by atoms with Crippen LogP contribution < -0.4 is 4.74 Å². The summed E-state index contributed by atoms with van der Waals surface area (Å²) in [4.78, 5) is 27.0. The molecule has 3 atom stereocenters. The van der Waals surface area contributed by atoms with Gasteiger partial charge in [-0.15, -0.1) is 11.3 Å². The van der Waals surface area contributed by atoms with Crippen molar-refractivity contribution in [2.24, 2.45) is 17.8 Å². The van der Waals surface area contributed by atoms with Crippen molar-refractivity contribution in [3.05, 3.63) is 34.8 Å². The number of carbonyl (C=O) groups is 1. The molecule has 4 aliphatic rings. The Hall–Kier alpha value is -1.96. The van der Waals surface area contributed by atoms with Crippen LogP contribution >= 0.6 is 11.3 Å². The number of likely N-dealkylation sites (tertiary alicyclic amines) is 1. The van der Waals surface area contributed by atoms with Crippen LogP contribution in [0.15, 0.2) is 24.3 Å². The summed E-state index contributed by atoms with van der Waals surface area (Å²) in [5.74, 6) is 3.02. The molecule has 6 nitrogen and oxygen atoms in total. The van der Waals surface area contributed by atoms with E-state index in [0.717, 1.165) is 79.4 Å². The maximum absolute atomic E-state index is 13.4. The fourth-order valence-electron chi connectivity index (χ4n) is 7.26. The van der Waals surface area contributed by atoms with Crippen LogP contribution in [-0.2, 0) is 17.6 Å². The highest BCUT2D eigenvalue weighted by Gasteiger charge is 2.38. The Kier molecular flexibility index (Phi) is 8.57. The maximum Gasteiger partial charge on any atom is 0.226 e. The Morgan fingerprint density at radius 1 is 1.00 bits per heavy atom. The molecule has 0 bridgehead atoms. The summed E-state index contributed by atoms with van der Waals surface area (Å²) in [6, 6.07) is 9.06. The molecule has 0 N–H and O–H groups in total. The van der Waals surface area contributed by atoms with Crippen LogP contribution in [0.1, 0.15) is 62.9 Å². The van der Waals surface area contributed by atoms with Gasteiger partial charge >= 0.3 is 0 Å². The van der Waals surface area contributed by atoms with E-state index in [4.69, 9.17) is 9.72 Å². The zero-order chi connectivity index (χ0) is 26.8. The number of fused-ring (bicyclic) bond motifs is 2. The summed E-state index contributed by atoms with van der Waals surface area (Å²) in [6.07, 6.45) is 9.37. The van der Waals surface area contributed by atoms with Crippen LogP contribution in [0.5, 0.6) is 5.75 Å². The average Bonchev–Trinajstić information content (AvgIpc) is 3.55. The molecule has 1 aromatic heterocycles. The minimum atomic E-state index is 0.0998. The molecular weight excluding hydrogens is 504 g/mol. The van der Waals surface area contributed by atoms with Gasteiger partial charge in [0.1, 0.15) is 10.8 Å². The third kappa shape index (κ3) is 6.36. The van der Waals surface area contributed by atoms with Gasteiger partial charge in [-0.05, 0) is 75.6 Å². The first-order chi connectivity index (χ1) is 19.0. The van der Waals surface area contributed by atoms with Gasteiger partial charge in [0.15, 0.2) is 0 Å². The van der Waals surface area contributed by atoms with E-state index >= 15 is 0 Å². The van der Waals surface area contributed by atoms with Gasteiger partial charge in [-0.1, -0.05) is 19.3 Å². The van der Waals surface area contributed by atoms with Crippen LogP contribution in [0.4, 0.5) is 0 Å². The third-order valence-corrected chi connectivity index (χ3v) is 10.9. The zero-order valence-corrected chi connectivity index (χ0v) is 24.8. The summed E-state index contributed by atoms with van der Waals surface area (Å²) in [5.41, 5.74) is 2.29. The van der Waals surface area contributed by atoms with Gasteiger partial charge in [0.2, 0.25) is 5.91 Å². The topological polar surface area (TPSA) is 48.9 Å².